The van der Waals surface area contributed by atoms with Gasteiger partial charge in [0.1, 0.15) is 29.4 Å². The van der Waals surface area contributed by atoms with Gasteiger partial charge >= 0.3 is 5.97 Å². The van der Waals surface area contributed by atoms with Gasteiger partial charge in [-0.2, -0.15) is 0 Å². The zero-order chi connectivity index (χ0) is 48.4. The summed E-state index contributed by atoms with van der Waals surface area (Å²) in [7, 11) is 3.28. The van der Waals surface area contributed by atoms with E-state index in [4.69, 9.17) is 14.5 Å². The van der Waals surface area contributed by atoms with Crippen molar-refractivity contribution >= 4 is 40.5 Å². The highest BCUT2D eigenvalue weighted by Crippen LogP contribution is 2.57. The van der Waals surface area contributed by atoms with Crippen molar-refractivity contribution in [1.29, 1.82) is 0 Å². The number of carbonyl (C=O) groups is 5. The van der Waals surface area contributed by atoms with Crippen LogP contribution in [-0.4, -0.2) is 129 Å². The quantitative estimate of drug-likeness (QED) is 0.125. The molecule has 6 bridgehead atoms. The third kappa shape index (κ3) is 8.63. The molecule has 1 saturated carbocycles. The van der Waals surface area contributed by atoms with Crippen LogP contribution in [0.5, 0.6) is 5.75 Å². The van der Waals surface area contributed by atoms with Gasteiger partial charge in [-0.3, -0.25) is 34.0 Å². The molecule has 4 aromatic rings. The lowest BCUT2D eigenvalue weighted by Gasteiger charge is -2.38. The van der Waals surface area contributed by atoms with Crippen molar-refractivity contribution in [1.82, 2.24) is 40.4 Å². The topological polar surface area (TPSA) is 198 Å². The number of benzene rings is 2. The number of methoxy groups -OCH3 is 1. The van der Waals surface area contributed by atoms with Crippen molar-refractivity contribution in [2.75, 3.05) is 40.4 Å². The average molecular weight is 931 g/mol. The number of rotatable bonds is 10. The maximum absolute atomic E-state index is 14.8. The molecule has 16 nitrogen and oxygen atoms in total. The van der Waals surface area contributed by atoms with E-state index in [0.29, 0.717) is 50.9 Å². The molecule has 4 N–H and O–H groups in total. The molecule has 4 fully saturated rings. The predicted molar refractivity (Wildman–Crippen MR) is 256 cm³/mol. The number of ether oxygens (including phenoxy) is 2. The SMILES string of the molecule is CCn1c(-c2cccnc2[C@H](C)OC)c2c3cc(ccc31)-c1cc(O)cc(c1)C[C@H](NC(=O)[C@H](C(C)C)N(C)C(=O)[C@]13C[C@H]1CCN3C(=O)[C@@H]1CN1)C(=O)N1CCC[C@H](N1)C(=O)OCC(C)(C)C2. The van der Waals surface area contributed by atoms with Gasteiger partial charge in [0.25, 0.3) is 5.91 Å². The molecule has 3 saturated heterocycles. The summed E-state index contributed by atoms with van der Waals surface area (Å²) in [5.74, 6) is -2.15. The second kappa shape index (κ2) is 18.2. The number of pyridine rings is 1. The number of hydrogen-bond acceptors (Lipinski definition) is 11. The molecule has 5 aliphatic rings. The lowest BCUT2D eigenvalue weighted by Crippen LogP contribution is -2.63. The minimum Gasteiger partial charge on any atom is -0.508 e. The number of aryl methyl sites for hydroxylation is 1. The molecule has 0 spiro atoms. The number of nitrogens with one attached hydrogen (secondary N) is 3. The Hall–Kier alpha value is -5.84. The lowest BCUT2D eigenvalue weighted by molar-refractivity contribution is -0.155. The van der Waals surface area contributed by atoms with E-state index in [2.05, 4.69) is 59.6 Å². The van der Waals surface area contributed by atoms with Crippen molar-refractivity contribution in [3.8, 4) is 28.1 Å². The van der Waals surface area contributed by atoms with Gasteiger partial charge in [-0.1, -0.05) is 39.8 Å². The Morgan fingerprint density at radius 2 is 1.84 bits per heavy atom. The molecule has 9 rings (SSSR count). The lowest BCUT2D eigenvalue weighted by atomic mass is 9.84. The Morgan fingerprint density at radius 3 is 2.54 bits per heavy atom. The first-order valence-corrected chi connectivity index (χ1v) is 24.3. The Kier molecular flexibility index (Phi) is 12.7. The maximum Gasteiger partial charge on any atom is 0.324 e. The van der Waals surface area contributed by atoms with Crippen molar-refractivity contribution in [2.45, 2.75) is 122 Å². The number of hydrogen-bond donors (Lipinski definition) is 4. The number of phenolic OH excluding ortho intramolecular Hbond substituents is 1. The maximum atomic E-state index is 14.8. The summed E-state index contributed by atoms with van der Waals surface area (Å²) < 4.78 is 14.2. The Labute approximate surface area is 398 Å². The minimum absolute atomic E-state index is 0.00847. The summed E-state index contributed by atoms with van der Waals surface area (Å²) in [5, 5.41) is 19.9. The van der Waals surface area contributed by atoms with Crippen LogP contribution in [0.25, 0.3) is 33.3 Å². The zero-order valence-electron chi connectivity index (χ0n) is 40.6. The number of hydrazine groups is 1. The number of nitrogens with zero attached hydrogens (tertiary/aromatic N) is 5. The van der Waals surface area contributed by atoms with E-state index in [9.17, 15) is 29.1 Å². The third-order valence-corrected chi connectivity index (χ3v) is 14.9. The number of cyclic esters (lactones) is 1. The summed E-state index contributed by atoms with van der Waals surface area (Å²) in [4.78, 5) is 79.4. The van der Waals surface area contributed by atoms with Crippen LogP contribution in [0.1, 0.15) is 90.2 Å². The van der Waals surface area contributed by atoms with E-state index in [1.807, 2.05) is 39.0 Å². The number of likely N-dealkylation sites (N-methyl/N-ethyl adjacent to an activating group) is 1. The van der Waals surface area contributed by atoms with Gasteiger partial charge in [-0.15, -0.1) is 0 Å². The highest BCUT2D eigenvalue weighted by Gasteiger charge is 2.70. The predicted octanol–water partition coefficient (Wildman–Crippen LogP) is 4.90. The summed E-state index contributed by atoms with van der Waals surface area (Å²) >= 11 is 0. The van der Waals surface area contributed by atoms with E-state index in [-0.39, 0.29) is 61.1 Å². The summed E-state index contributed by atoms with van der Waals surface area (Å²) in [6.45, 7) is 14.1. The van der Waals surface area contributed by atoms with Crippen LogP contribution >= 0.6 is 0 Å². The standard InChI is InChI=1S/C52H66N8O8/c1-9-58-42-15-14-32-24-37(42)38(45(58)36-12-10-17-53-43(36)30(4)67-8)26-51(5,6)28-68-49(65)39-13-11-18-60(56-39)48(64)40(22-31-20-33(32)23-35(61)21-31)55-46(62)44(29(2)3)57(7)50(66)52-25-34(52)16-19-59(52)47(63)41-27-54-41/h10,12,14-15,17,20-21,23-24,29-30,34,39-41,44,54,56,61H,9,11,13,16,18-19,22,25-28H2,1-8H3,(H,55,62)/t30-,34+,39-,40-,41-,44-,52-/m0/s1. The molecule has 0 radical (unpaired) electrons. The van der Waals surface area contributed by atoms with Crippen molar-refractivity contribution < 1.29 is 38.6 Å². The van der Waals surface area contributed by atoms with E-state index in [0.717, 1.165) is 51.0 Å². The van der Waals surface area contributed by atoms with Crippen LogP contribution in [0.15, 0.2) is 54.7 Å². The molecule has 4 amide bonds. The summed E-state index contributed by atoms with van der Waals surface area (Å²) in [6.07, 6.45) is 4.26. The molecule has 16 heteroatoms. The van der Waals surface area contributed by atoms with Crippen LogP contribution in [0.3, 0.4) is 0 Å². The average Bonchev–Trinajstić information content (AvgIpc) is 4.25. The Balaban J connectivity index is 1.11. The van der Waals surface area contributed by atoms with E-state index in [1.54, 1.807) is 37.4 Å². The first kappa shape index (κ1) is 47.2. The van der Waals surface area contributed by atoms with Gasteiger partial charge in [-0.25, -0.2) is 5.43 Å². The number of piperidine rings is 1. The number of amides is 4. The van der Waals surface area contributed by atoms with E-state index >= 15 is 0 Å². The Morgan fingerprint density at radius 1 is 1.06 bits per heavy atom. The number of aromatic nitrogens is 2. The van der Waals surface area contributed by atoms with E-state index < -0.39 is 46.9 Å². The highest BCUT2D eigenvalue weighted by atomic mass is 16.5. The molecule has 6 heterocycles. The van der Waals surface area contributed by atoms with Crippen LogP contribution in [0.2, 0.25) is 0 Å². The Bertz CT molecular complexity index is 2660. The normalized spacial score (nSPS) is 25.3. The number of carbonyl (C=O) groups excluding carboxylic acids is 5. The molecule has 1 aliphatic carbocycles. The fourth-order valence-electron chi connectivity index (χ4n) is 11.3. The monoisotopic (exact) mass is 931 g/mol. The largest absolute Gasteiger partial charge is 0.508 e. The van der Waals surface area contributed by atoms with Gasteiger partial charge in [0.2, 0.25) is 17.7 Å². The molecule has 2 aromatic heterocycles. The van der Waals surface area contributed by atoms with E-state index in [1.165, 1.54) is 9.91 Å². The van der Waals surface area contributed by atoms with Gasteiger partial charge < -0.3 is 39.6 Å². The fourth-order valence-corrected chi connectivity index (χ4v) is 11.3. The van der Waals surface area contributed by atoms with Crippen LogP contribution < -0.4 is 16.1 Å². The number of phenols is 1. The second-order valence-electron chi connectivity index (χ2n) is 20.7. The summed E-state index contributed by atoms with van der Waals surface area (Å²) in [6, 6.07) is 12.3. The molecule has 362 valence electrons. The van der Waals surface area contributed by atoms with Gasteiger partial charge in [0.05, 0.1) is 30.1 Å². The van der Waals surface area contributed by atoms with Gasteiger partial charge in [0, 0.05) is 74.8 Å². The minimum atomic E-state index is -1.17. The van der Waals surface area contributed by atoms with Gasteiger partial charge in [-0.05, 0) is 116 Å². The molecule has 2 aromatic carbocycles. The van der Waals surface area contributed by atoms with Crippen LogP contribution in [0.4, 0.5) is 0 Å². The van der Waals surface area contributed by atoms with Crippen molar-refractivity contribution in [3.05, 3.63) is 71.5 Å². The molecule has 0 unspecified atom stereocenters. The molecular weight excluding hydrogens is 865 g/mol. The molecule has 4 aliphatic heterocycles. The van der Waals surface area contributed by atoms with Gasteiger partial charge in [0.15, 0.2) is 0 Å². The first-order valence-electron chi connectivity index (χ1n) is 24.3. The van der Waals surface area contributed by atoms with Crippen molar-refractivity contribution in [2.24, 2.45) is 17.3 Å². The smallest absolute Gasteiger partial charge is 0.324 e. The molecule has 7 atom stereocenters. The number of aromatic hydroxyl groups is 1. The molecular formula is C52H66N8O8. The highest BCUT2D eigenvalue weighted by molar-refractivity contribution is 6.00. The number of likely N-dealkylation sites (tertiary alicyclic amines) is 1. The second-order valence-corrected chi connectivity index (χ2v) is 20.7. The van der Waals surface area contributed by atoms with Crippen LogP contribution in [0, 0.1) is 17.3 Å². The zero-order valence-corrected chi connectivity index (χ0v) is 40.6. The molecule has 68 heavy (non-hydrogen) atoms. The third-order valence-electron chi connectivity index (χ3n) is 14.9. The number of esters is 1. The number of fused-ring (bicyclic) bond motifs is 7. The summed E-state index contributed by atoms with van der Waals surface area (Å²) in [5.41, 5.74) is 8.60. The first-order chi connectivity index (χ1) is 32.5. The van der Waals surface area contributed by atoms with Crippen LogP contribution in [-0.2, 0) is 52.8 Å². The van der Waals surface area contributed by atoms with Crippen molar-refractivity contribution in [3.63, 3.8) is 0 Å². The fraction of sp³-hybridized carbons (Fsp3) is 0.538.